The molecule has 0 bridgehead atoms. The van der Waals surface area contributed by atoms with E-state index >= 15 is 0 Å². The standard InChI is InChI=1S/C13H17F3N2O2S.ClH/c1-18(11(8-17)9-6-7-9)21(19,20)12-5-3-2-4-10(12)13(14,15)16;/h2-5,9,11H,6-8,17H2,1H3;1H. The van der Waals surface area contributed by atoms with Gasteiger partial charge in [-0.2, -0.15) is 17.5 Å². The van der Waals surface area contributed by atoms with E-state index in [0.29, 0.717) is 0 Å². The van der Waals surface area contributed by atoms with Gasteiger partial charge in [-0.25, -0.2) is 8.42 Å². The van der Waals surface area contributed by atoms with Gasteiger partial charge in [-0.05, 0) is 30.9 Å². The van der Waals surface area contributed by atoms with Crippen molar-refractivity contribution in [2.24, 2.45) is 11.7 Å². The van der Waals surface area contributed by atoms with Gasteiger partial charge in [0.25, 0.3) is 0 Å². The fourth-order valence-corrected chi connectivity index (χ4v) is 4.02. The number of likely N-dealkylation sites (N-methyl/N-ethyl adjacent to an activating group) is 1. The molecule has 1 aliphatic carbocycles. The SMILES string of the molecule is CN(C(CN)C1CC1)S(=O)(=O)c1ccccc1C(F)(F)F.Cl. The number of hydrogen-bond donors (Lipinski definition) is 1. The summed E-state index contributed by atoms with van der Waals surface area (Å²) in [6.07, 6.45) is -3.02. The van der Waals surface area contributed by atoms with Crippen molar-refractivity contribution in [3.8, 4) is 0 Å². The number of benzene rings is 1. The normalized spacial score (nSPS) is 17.2. The van der Waals surface area contributed by atoms with Crippen LogP contribution < -0.4 is 5.73 Å². The summed E-state index contributed by atoms with van der Waals surface area (Å²) in [6, 6.07) is 3.74. The summed E-state index contributed by atoms with van der Waals surface area (Å²) >= 11 is 0. The Morgan fingerprint density at radius 2 is 1.86 bits per heavy atom. The third-order valence-corrected chi connectivity index (χ3v) is 5.67. The van der Waals surface area contributed by atoms with Crippen molar-refractivity contribution in [3.63, 3.8) is 0 Å². The Kier molecular flexibility index (Phi) is 5.88. The van der Waals surface area contributed by atoms with E-state index in [-0.39, 0.29) is 24.9 Å². The third kappa shape index (κ3) is 3.73. The summed E-state index contributed by atoms with van der Waals surface area (Å²) in [5.74, 6) is 0.132. The van der Waals surface area contributed by atoms with Crippen molar-refractivity contribution >= 4 is 22.4 Å². The second-order valence-electron chi connectivity index (χ2n) is 5.16. The van der Waals surface area contributed by atoms with Gasteiger partial charge < -0.3 is 5.73 Å². The van der Waals surface area contributed by atoms with Crippen LogP contribution in [0.5, 0.6) is 0 Å². The average Bonchev–Trinajstić information content (AvgIpc) is 3.23. The van der Waals surface area contributed by atoms with E-state index in [2.05, 4.69) is 0 Å². The zero-order chi connectivity index (χ0) is 15.8. The number of hydrogen-bond acceptors (Lipinski definition) is 3. The molecule has 1 unspecified atom stereocenters. The Balaban J connectivity index is 0.00000242. The highest BCUT2D eigenvalue weighted by Crippen LogP contribution is 2.39. The number of sulfonamides is 1. The number of halogens is 4. The molecular formula is C13H18ClF3N2O2S. The molecule has 2 rings (SSSR count). The molecule has 1 fully saturated rings. The van der Waals surface area contributed by atoms with E-state index in [9.17, 15) is 21.6 Å². The van der Waals surface area contributed by atoms with Gasteiger partial charge in [0.1, 0.15) is 0 Å². The highest BCUT2D eigenvalue weighted by Gasteiger charge is 2.42. The Morgan fingerprint density at radius 3 is 2.32 bits per heavy atom. The molecule has 0 spiro atoms. The number of rotatable bonds is 5. The zero-order valence-electron chi connectivity index (χ0n) is 11.9. The van der Waals surface area contributed by atoms with Crippen LogP contribution in [0.3, 0.4) is 0 Å². The summed E-state index contributed by atoms with van der Waals surface area (Å²) in [5.41, 5.74) is 4.44. The molecule has 9 heteroatoms. The van der Waals surface area contributed by atoms with E-state index in [0.717, 1.165) is 29.3 Å². The Hall–Kier alpha value is -0.830. The fourth-order valence-electron chi connectivity index (χ4n) is 2.38. The summed E-state index contributed by atoms with van der Waals surface area (Å²) in [6.45, 7) is 0.0918. The molecule has 0 amide bonds. The summed E-state index contributed by atoms with van der Waals surface area (Å²) < 4.78 is 65.0. The monoisotopic (exact) mass is 358 g/mol. The summed E-state index contributed by atoms with van der Waals surface area (Å²) in [7, 11) is -2.95. The van der Waals surface area contributed by atoms with Crippen molar-refractivity contribution < 1.29 is 21.6 Å². The molecule has 0 heterocycles. The van der Waals surface area contributed by atoms with E-state index in [1.165, 1.54) is 19.2 Å². The smallest absolute Gasteiger partial charge is 0.329 e. The number of alkyl halides is 3. The lowest BCUT2D eigenvalue weighted by Gasteiger charge is -2.27. The molecule has 0 aliphatic heterocycles. The van der Waals surface area contributed by atoms with Crippen LogP contribution in [-0.2, 0) is 16.2 Å². The molecule has 1 saturated carbocycles. The second-order valence-corrected chi connectivity index (χ2v) is 7.12. The molecule has 22 heavy (non-hydrogen) atoms. The molecule has 0 saturated heterocycles. The third-order valence-electron chi connectivity index (χ3n) is 3.72. The van der Waals surface area contributed by atoms with Crippen LogP contribution in [-0.4, -0.2) is 32.4 Å². The fraction of sp³-hybridized carbons (Fsp3) is 0.538. The molecule has 126 valence electrons. The second kappa shape index (κ2) is 6.74. The van der Waals surface area contributed by atoms with Gasteiger partial charge in [-0.3, -0.25) is 0 Å². The van der Waals surface area contributed by atoms with E-state index in [4.69, 9.17) is 5.73 Å². The van der Waals surface area contributed by atoms with Gasteiger partial charge in [0, 0.05) is 19.6 Å². The molecule has 4 nitrogen and oxygen atoms in total. The first-order valence-electron chi connectivity index (χ1n) is 6.54. The summed E-state index contributed by atoms with van der Waals surface area (Å²) in [4.78, 5) is -0.723. The van der Waals surface area contributed by atoms with Crippen LogP contribution in [0.15, 0.2) is 29.2 Å². The lowest BCUT2D eigenvalue weighted by atomic mass is 10.2. The van der Waals surface area contributed by atoms with E-state index in [1.54, 1.807) is 0 Å². The van der Waals surface area contributed by atoms with Crippen molar-refractivity contribution in [2.45, 2.75) is 30.0 Å². The van der Waals surface area contributed by atoms with Crippen molar-refractivity contribution in [1.82, 2.24) is 4.31 Å². The predicted octanol–water partition coefficient (Wildman–Crippen LogP) is 2.49. The molecule has 1 atom stereocenters. The van der Waals surface area contributed by atoms with Gasteiger partial charge in [-0.1, -0.05) is 12.1 Å². The minimum atomic E-state index is -4.72. The van der Waals surface area contributed by atoms with Gasteiger partial charge in [0.15, 0.2) is 0 Å². The quantitative estimate of drug-likeness (QED) is 0.879. The largest absolute Gasteiger partial charge is 0.417 e. The zero-order valence-corrected chi connectivity index (χ0v) is 13.5. The lowest BCUT2D eigenvalue weighted by molar-refractivity contribution is -0.139. The first kappa shape index (κ1) is 19.2. The van der Waals surface area contributed by atoms with Gasteiger partial charge in [-0.15, -0.1) is 12.4 Å². The molecule has 1 aromatic carbocycles. The molecule has 0 radical (unpaired) electrons. The van der Waals surface area contributed by atoms with Gasteiger partial charge in [0.2, 0.25) is 10.0 Å². The summed E-state index contributed by atoms with van der Waals surface area (Å²) in [5, 5.41) is 0. The number of nitrogens with zero attached hydrogens (tertiary/aromatic N) is 1. The first-order chi connectivity index (χ1) is 9.69. The van der Waals surface area contributed by atoms with Crippen LogP contribution in [0.1, 0.15) is 18.4 Å². The first-order valence-corrected chi connectivity index (χ1v) is 7.98. The van der Waals surface area contributed by atoms with Gasteiger partial charge in [0.05, 0.1) is 10.5 Å². The maximum Gasteiger partial charge on any atom is 0.417 e. The lowest BCUT2D eigenvalue weighted by Crippen LogP contribution is -2.43. The molecular weight excluding hydrogens is 341 g/mol. The Morgan fingerprint density at radius 1 is 1.32 bits per heavy atom. The van der Waals surface area contributed by atoms with Crippen LogP contribution >= 0.6 is 12.4 Å². The topological polar surface area (TPSA) is 63.4 Å². The Labute approximate surface area is 133 Å². The molecule has 0 aromatic heterocycles. The maximum atomic E-state index is 13.0. The van der Waals surface area contributed by atoms with Crippen molar-refractivity contribution in [1.29, 1.82) is 0 Å². The van der Waals surface area contributed by atoms with Crippen LogP contribution in [0.4, 0.5) is 13.2 Å². The minimum absolute atomic E-state index is 0. The average molecular weight is 359 g/mol. The maximum absolute atomic E-state index is 13.0. The van der Waals surface area contributed by atoms with Gasteiger partial charge >= 0.3 is 6.18 Å². The Bertz CT molecular complexity index is 618. The molecule has 1 aromatic rings. The van der Waals surface area contributed by atoms with E-state index in [1.807, 2.05) is 0 Å². The molecule has 2 N–H and O–H groups in total. The van der Waals surface area contributed by atoms with Crippen molar-refractivity contribution in [3.05, 3.63) is 29.8 Å². The van der Waals surface area contributed by atoms with Crippen LogP contribution in [0, 0.1) is 5.92 Å². The number of nitrogens with two attached hydrogens (primary N) is 1. The van der Waals surface area contributed by atoms with E-state index < -0.39 is 32.7 Å². The van der Waals surface area contributed by atoms with Crippen LogP contribution in [0.2, 0.25) is 0 Å². The predicted molar refractivity (Wildman–Crippen MR) is 79.2 cm³/mol. The van der Waals surface area contributed by atoms with Crippen LogP contribution in [0.25, 0.3) is 0 Å². The van der Waals surface area contributed by atoms with Crippen molar-refractivity contribution in [2.75, 3.05) is 13.6 Å². The minimum Gasteiger partial charge on any atom is -0.329 e. The highest BCUT2D eigenvalue weighted by atomic mass is 35.5. The molecule has 1 aliphatic rings. The highest BCUT2D eigenvalue weighted by molar-refractivity contribution is 7.89.